The van der Waals surface area contributed by atoms with E-state index in [4.69, 9.17) is 0 Å². The summed E-state index contributed by atoms with van der Waals surface area (Å²) in [6, 6.07) is 0.576. The van der Waals surface area contributed by atoms with Gasteiger partial charge in [0.2, 0.25) is 0 Å². The summed E-state index contributed by atoms with van der Waals surface area (Å²) in [7, 11) is 1.85. The Bertz CT molecular complexity index is 158. The second kappa shape index (κ2) is 3.11. The fourth-order valence-electron chi connectivity index (χ4n) is 1.30. The minimum Gasteiger partial charge on any atom is -0.326 e. The van der Waals surface area contributed by atoms with E-state index >= 15 is 0 Å². The van der Waals surface area contributed by atoms with E-state index in [0.717, 1.165) is 19.5 Å². The molecule has 1 aliphatic rings. The number of nitrogens with zero attached hydrogens (tertiary/aromatic N) is 2. The first-order chi connectivity index (χ1) is 5.16. The lowest BCUT2D eigenvalue weighted by Gasteiger charge is -2.22. The third kappa shape index (κ3) is 1.47. The molecular weight excluding hydrogens is 140 g/mol. The quantitative estimate of drug-likeness (QED) is 0.588. The topological polar surface area (TPSA) is 23.6 Å². The van der Waals surface area contributed by atoms with Gasteiger partial charge < -0.3 is 9.80 Å². The Labute approximate surface area is 68.0 Å². The Kier molecular flexibility index (Phi) is 2.37. The number of hydrogen-bond donors (Lipinski definition) is 0. The van der Waals surface area contributed by atoms with E-state index in [2.05, 4.69) is 13.8 Å². The van der Waals surface area contributed by atoms with Crippen molar-refractivity contribution in [2.45, 2.75) is 26.3 Å². The normalized spacial score (nSPS) is 21.2. The van der Waals surface area contributed by atoms with Gasteiger partial charge in [0, 0.05) is 26.2 Å². The van der Waals surface area contributed by atoms with Crippen LogP contribution < -0.4 is 0 Å². The average molecular weight is 156 g/mol. The lowest BCUT2D eigenvalue weighted by molar-refractivity contribution is 0.184. The van der Waals surface area contributed by atoms with Gasteiger partial charge in [-0.3, -0.25) is 0 Å². The summed E-state index contributed by atoms with van der Waals surface area (Å²) in [5, 5.41) is 0. The Morgan fingerprint density at radius 1 is 1.55 bits per heavy atom. The second-order valence-electron chi connectivity index (χ2n) is 3.15. The van der Waals surface area contributed by atoms with Gasteiger partial charge in [0.15, 0.2) is 0 Å². The van der Waals surface area contributed by atoms with Gasteiger partial charge >= 0.3 is 6.03 Å². The van der Waals surface area contributed by atoms with Crippen LogP contribution in [0.3, 0.4) is 0 Å². The molecule has 0 radical (unpaired) electrons. The number of hydrogen-bond acceptors (Lipinski definition) is 1. The summed E-state index contributed by atoms with van der Waals surface area (Å²) in [6.07, 6.45) is 1.04. The second-order valence-corrected chi connectivity index (χ2v) is 3.15. The van der Waals surface area contributed by atoms with Crippen molar-refractivity contribution in [2.24, 2.45) is 0 Å². The van der Waals surface area contributed by atoms with Crippen LogP contribution >= 0.6 is 0 Å². The van der Waals surface area contributed by atoms with Gasteiger partial charge in [-0.05, 0) is 13.3 Å². The van der Waals surface area contributed by atoms with Crippen molar-refractivity contribution < 1.29 is 4.79 Å². The van der Waals surface area contributed by atoms with Crippen molar-refractivity contribution in [3.63, 3.8) is 0 Å². The van der Waals surface area contributed by atoms with E-state index in [-0.39, 0.29) is 6.03 Å². The first-order valence-electron chi connectivity index (χ1n) is 4.18. The van der Waals surface area contributed by atoms with Gasteiger partial charge in [-0.25, -0.2) is 4.79 Å². The SMILES string of the molecule is CCC(C)N1CCN(C)C1=O. The molecule has 0 N–H and O–H groups in total. The third-order valence-electron chi connectivity index (χ3n) is 2.37. The Balaban J connectivity index is 2.54. The van der Waals surface area contributed by atoms with Crippen LogP contribution in [-0.2, 0) is 0 Å². The molecule has 11 heavy (non-hydrogen) atoms. The maximum atomic E-state index is 11.4. The van der Waals surface area contributed by atoms with Crippen LogP contribution in [0.5, 0.6) is 0 Å². The Morgan fingerprint density at radius 2 is 2.18 bits per heavy atom. The van der Waals surface area contributed by atoms with Crippen molar-refractivity contribution in [3.05, 3.63) is 0 Å². The molecule has 1 aliphatic heterocycles. The van der Waals surface area contributed by atoms with Gasteiger partial charge in [-0.1, -0.05) is 6.92 Å². The van der Waals surface area contributed by atoms with Crippen LogP contribution in [0, 0.1) is 0 Å². The molecule has 0 aliphatic carbocycles. The van der Waals surface area contributed by atoms with Crippen molar-refractivity contribution in [3.8, 4) is 0 Å². The average Bonchev–Trinajstić information content (AvgIpc) is 2.32. The molecule has 0 spiro atoms. The monoisotopic (exact) mass is 156 g/mol. The van der Waals surface area contributed by atoms with Gasteiger partial charge in [-0.15, -0.1) is 0 Å². The van der Waals surface area contributed by atoms with E-state index < -0.39 is 0 Å². The molecular formula is C8H16N2O. The highest BCUT2D eigenvalue weighted by Crippen LogP contribution is 2.11. The number of urea groups is 1. The van der Waals surface area contributed by atoms with E-state index in [1.807, 2.05) is 11.9 Å². The van der Waals surface area contributed by atoms with Crippen LogP contribution in [0.1, 0.15) is 20.3 Å². The highest BCUT2D eigenvalue weighted by molar-refractivity contribution is 5.76. The zero-order valence-corrected chi connectivity index (χ0v) is 7.50. The maximum Gasteiger partial charge on any atom is 0.320 e. The van der Waals surface area contributed by atoms with Gasteiger partial charge in [0.1, 0.15) is 0 Å². The Morgan fingerprint density at radius 3 is 2.55 bits per heavy atom. The van der Waals surface area contributed by atoms with E-state index in [1.165, 1.54) is 0 Å². The molecule has 0 aromatic carbocycles. The minimum atomic E-state index is 0.180. The molecule has 2 amide bonds. The number of amides is 2. The summed E-state index contributed by atoms with van der Waals surface area (Å²) in [4.78, 5) is 15.1. The molecule has 1 fully saturated rings. The lowest BCUT2D eigenvalue weighted by atomic mass is 10.2. The first kappa shape index (κ1) is 8.37. The Hall–Kier alpha value is -0.730. The molecule has 3 nitrogen and oxygen atoms in total. The van der Waals surface area contributed by atoms with Crippen LogP contribution in [0.2, 0.25) is 0 Å². The van der Waals surface area contributed by atoms with E-state index in [1.54, 1.807) is 4.90 Å². The largest absolute Gasteiger partial charge is 0.326 e. The summed E-state index contributed by atoms with van der Waals surface area (Å²) in [6.45, 7) is 5.97. The highest BCUT2D eigenvalue weighted by atomic mass is 16.2. The van der Waals surface area contributed by atoms with Crippen molar-refractivity contribution in [1.82, 2.24) is 9.80 Å². The van der Waals surface area contributed by atoms with E-state index in [9.17, 15) is 4.79 Å². The summed E-state index contributed by atoms with van der Waals surface area (Å²) < 4.78 is 0. The first-order valence-corrected chi connectivity index (χ1v) is 4.18. The fraction of sp³-hybridized carbons (Fsp3) is 0.875. The van der Waals surface area contributed by atoms with E-state index in [0.29, 0.717) is 6.04 Å². The predicted octanol–water partition coefficient (Wildman–Crippen LogP) is 1.15. The van der Waals surface area contributed by atoms with Crippen molar-refractivity contribution in [1.29, 1.82) is 0 Å². The zero-order chi connectivity index (χ0) is 8.43. The molecule has 0 aromatic rings. The number of carbonyl (C=O) groups is 1. The molecule has 1 saturated heterocycles. The van der Waals surface area contributed by atoms with Gasteiger partial charge in [0.05, 0.1) is 0 Å². The molecule has 64 valence electrons. The number of likely N-dealkylation sites (N-methyl/N-ethyl adjacent to an activating group) is 1. The van der Waals surface area contributed by atoms with Crippen LogP contribution in [0.4, 0.5) is 4.79 Å². The predicted molar refractivity (Wildman–Crippen MR) is 44.5 cm³/mol. The number of carbonyl (C=O) groups excluding carboxylic acids is 1. The smallest absolute Gasteiger partial charge is 0.320 e. The summed E-state index contributed by atoms with van der Waals surface area (Å²) >= 11 is 0. The maximum absolute atomic E-state index is 11.4. The molecule has 1 atom stereocenters. The van der Waals surface area contributed by atoms with Crippen molar-refractivity contribution >= 4 is 6.03 Å². The fourth-order valence-corrected chi connectivity index (χ4v) is 1.30. The van der Waals surface area contributed by atoms with Gasteiger partial charge in [-0.2, -0.15) is 0 Å². The highest BCUT2D eigenvalue weighted by Gasteiger charge is 2.27. The molecule has 0 saturated carbocycles. The molecule has 3 heteroatoms. The summed E-state index contributed by atoms with van der Waals surface area (Å²) in [5.74, 6) is 0. The molecule has 0 bridgehead atoms. The molecule has 1 heterocycles. The van der Waals surface area contributed by atoms with Crippen LogP contribution in [0.15, 0.2) is 0 Å². The molecule has 1 rings (SSSR count). The zero-order valence-electron chi connectivity index (χ0n) is 7.50. The number of rotatable bonds is 2. The van der Waals surface area contributed by atoms with Gasteiger partial charge in [0.25, 0.3) is 0 Å². The van der Waals surface area contributed by atoms with Crippen LogP contribution in [0.25, 0.3) is 0 Å². The summed E-state index contributed by atoms with van der Waals surface area (Å²) in [5.41, 5.74) is 0. The molecule has 0 aromatic heterocycles. The standard InChI is InChI=1S/C8H16N2O/c1-4-7(2)10-6-5-9(3)8(10)11/h7H,4-6H2,1-3H3. The lowest BCUT2D eigenvalue weighted by Crippen LogP contribution is -2.36. The minimum absolute atomic E-state index is 0.180. The van der Waals surface area contributed by atoms with Crippen molar-refractivity contribution in [2.75, 3.05) is 20.1 Å². The van der Waals surface area contributed by atoms with Crippen LogP contribution in [-0.4, -0.2) is 42.0 Å². The molecule has 1 unspecified atom stereocenters. The third-order valence-corrected chi connectivity index (χ3v) is 2.37.